The molecule has 0 aliphatic rings. The molecule has 5 N–H and O–H groups in total. The van der Waals surface area contributed by atoms with E-state index in [-0.39, 0.29) is 12.5 Å². The second-order valence-electron chi connectivity index (χ2n) is 3.35. The van der Waals surface area contributed by atoms with E-state index in [1.807, 2.05) is 13.8 Å². The van der Waals surface area contributed by atoms with Gasteiger partial charge in [0.05, 0.1) is 6.54 Å². The Morgan fingerprint density at radius 3 is 2.65 bits per heavy atom. The fourth-order valence-electron chi connectivity index (χ4n) is 1.45. The summed E-state index contributed by atoms with van der Waals surface area (Å²) >= 11 is 0. The highest BCUT2D eigenvalue weighted by Gasteiger charge is 2.09. The zero-order chi connectivity index (χ0) is 12.7. The van der Waals surface area contributed by atoms with Crippen molar-refractivity contribution in [3.8, 4) is 0 Å². The molecule has 1 aromatic rings. The normalized spacial score (nSPS) is 9.82. The maximum absolute atomic E-state index is 11.3. The average Bonchev–Trinajstić information content (AvgIpc) is 2.36. The number of hydrogen-bond donors (Lipinski definition) is 4. The lowest BCUT2D eigenvalue weighted by molar-refractivity contribution is -0.119. The molecule has 0 aliphatic heterocycles. The molecule has 0 spiro atoms. The summed E-state index contributed by atoms with van der Waals surface area (Å²) in [4.78, 5) is 19.4. The van der Waals surface area contributed by atoms with Crippen LogP contribution in [0.2, 0.25) is 0 Å². The van der Waals surface area contributed by atoms with Crippen molar-refractivity contribution in [1.82, 2.24) is 15.3 Å². The van der Waals surface area contributed by atoms with Gasteiger partial charge in [0.1, 0.15) is 18.0 Å². The Bertz CT molecular complexity index is 381. The first kappa shape index (κ1) is 13.2. The Labute approximate surface area is 100 Å². The van der Waals surface area contributed by atoms with Gasteiger partial charge in [-0.25, -0.2) is 15.8 Å². The van der Waals surface area contributed by atoms with Crippen molar-refractivity contribution in [3.05, 3.63) is 11.9 Å². The van der Waals surface area contributed by atoms with Gasteiger partial charge in [-0.05, 0) is 13.3 Å². The first-order valence-electron chi connectivity index (χ1n) is 5.53. The summed E-state index contributed by atoms with van der Waals surface area (Å²) in [6, 6.07) is 0. The summed E-state index contributed by atoms with van der Waals surface area (Å²) in [5.74, 6) is 6.47. The van der Waals surface area contributed by atoms with Crippen molar-refractivity contribution in [3.63, 3.8) is 0 Å². The van der Waals surface area contributed by atoms with E-state index < -0.39 is 0 Å². The molecule has 1 aromatic heterocycles. The van der Waals surface area contributed by atoms with E-state index in [0.717, 1.165) is 12.0 Å². The molecule has 0 bridgehead atoms. The van der Waals surface area contributed by atoms with Gasteiger partial charge in [0.25, 0.3) is 0 Å². The summed E-state index contributed by atoms with van der Waals surface area (Å²) in [5, 5.41) is 5.66. The number of likely N-dealkylation sites (N-methyl/N-ethyl adjacent to an activating group) is 1. The Morgan fingerprint density at radius 2 is 2.06 bits per heavy atom. The number of amides is 1. The number of nitrogen functional groups attached to an aromatic ring is 1. The quantitative estimate of drug-likeness (QED) is 0.406. The molecule has 0 saturated heterocycles. The number of nitrogens with one attached hydrogen (secondary N) is 3. The Kier molecular flexibility index (Phi) is 5.15. The third kappa shape index (κ3) is 3.56. The molecule has 7 nitrogen and oxygen atoms in total. The first-order chi connectivity index (χ1) is 8.22. The molecule has 0 atom stereocenters. The molecule has 0 fully saturated rings. The molecular weight excluding hydrogens is 220 g/mol. The highest BCUT2D eigenvalue weighted by molar-refractivity contribution is 5.80. The molecule has 94 valence electrons. The predicted octanol–water partition coefficient (Wildman–Crippen LogP) is -0.127. The molecule has 0 aromatic carbocycles. The Hall–Kier alpha value is -1.89. The lowest BCUT2D eigenvalue weighted by Gasteiger charge is -2.12. The number of hydrazine groups is 1. The topological polar surface area (TPSA) is 105 Å². The minimum atomic E-state index is -0.0737. The third-order valence-electron chi connectivity index (χ3n) is 2.23. The zero-order valence-electron chi connectivity index (χ0n) is 10.1. The van der Waals surface area contributed by atoms with Crippen LogP contribution >= 0.6 is 0 Å². The molecule has 0 unspecified atom stereocenters. The molecular formula is C10H18N6O. The number of carbonyl (C=O) groups excluding carboxylic acids is 1. The van der Waals surface area contributed by atoms with Crippen molar-refractivity contribution < 1.29 is 4.79 Å². The third-order valence-corrected chi connectivity index (χ3v) is 2.23. The summed E-state index contributed by atoms with van der Waals surface area (Å²) in [5.41, 5.74) is 3.37. The maximum atomic E-state index is 11.3. The van der Waals surface area contributed by atoms with E-state index in [1.54, 1.807) is 0 Å². The van der Waals surface area contributed by atoms with Crippen molar-refractivity contribution in [2.45, 2.75) is 20.3 Å². The zero-order valence-corrected chi connectivity index (χ0v) is 10.1. The van der Waals surface area contributed by atoms with Gasteiger partial charge in [0, 0.05) is 12.1 Å². The monoisotopic (exact) mass is 238 g/mol. The van der Waals surface area contributed by atoms with E-state index in [1.165, 1.54) is 6.33 Å². The fourth-order valence-corrected chi connectivity index (χ4v) is 1.45. The molecule has 7 heteroatoms. The second-order valence-corrected chi connectivity index (χ2v) is 3.35. The number of aromatic nitrogens is 2. The van der Waals surface area contributed by atoms with Gasteiger partial charge in [-0.3, -0.25) is 4.79 Å². The standard InChI is InChI=1S/C10H18N6O/c1-3-7-9(13-5-8(17)12-4-2)14-6-15-10(7)16-11/h6H,3-5,11H2,1-2H3,(H,12,17)(H2,13,14,15,16). The van der Waals surface area contributed by atoms with Crippen LogP contribution in [-0.4, -0.2) is 29.0 Å². The number of nitrogens with two attached hydrogens (primary N) is 1. The molecule has 17 heavy (non-hydrogen) atoms. The van der Waals surface area contributed by atoms with Crippen LogP contribution in [0.15, 0.2) is 6.33 Å². The second kappa shape index (κ2) is 6.64. The van der Waals surface area contributed by atoms with Gasteiger partial charge in [-0.1, -0.05) is 6.92 Å². The highest BCUT2D eigenvalue weighted by Crippen LogP contribution is 2.18. The Morgan fingerprint density at radius 1 is 1.35 bits per heavy atom. The number of nitrogens with zero attached hydrogens (tertiary/aromatic N) is 2. The molecule has 1 amide bonds. The van der Waals surface area contributed by atoms with Gasteiger partial charge < -0.3 is 16.1 Å². The van der Waals surface area contributed by atoms with Gasteiger partial charge in [-0.2, -0.15) is 0 Å². The lowest BCUT2D eigenvalue weighted by Crippen LogP contribution is -2.30. The van der Waals surface area contributed by atoms with Crippen molar-refractivity contribution >= 4 is 17.5 Å². The van der Waals surface area contributed by atoms with Gasteiger partial charge in [0.2, 0.25) is 5.91 Å². The first-order valence-corrected chi connectivity index (χ1v) is 5.53. The minimum absolute atomic E-state index is 0.0737. The van der Waals surface area contributed by atoms with Gasteiger partial charge in [0.15, 0.2) is 0 Å². The Balaban J connectivity index is 2.73. The van der Waals surface area contributed by atoms with E-state index in [9.17, 15) is 4.79 Å². The van der Waals surface area contributed by atoms with Crippen LogP contribution in [0.4, 0.5) is 11.6 Å². The minimum Gasteiger partial charge on any atom is -0.361 e. The van der Waals surface area contributed by atoms with Crippen LogP contribution < -0.4 is 21.9 Å². The summed E-state index contributed by atoms with van der Waals surface area (Å²) < 4.78 is 0. The number of carbonyl (C=O) groups is 1. The molecule has 0 saturated carbocycles. The SMILES string of the molecule is CCNC(=O)CNc1ncnc(NN)c1CC. The van der Waals surface area contributed by atoms with Crippen LogP contribution in [0.5, 0.6) is 0 Å². The molecule has 1 heterocycles. The van der Waals surface area contributed by atoms with Gasteiger partial charge >= 0.3 is 0 Å². The summed E-state index contributed by atoms with van der Waals surface area (Å²) in [6.07, 6.45) is 2.12. The fraction of sp³-hybridized carbons (Fsp3) is 0.500. The van der Waals surface area contributed by atoms with Gasteiger partial charge in [-0.15, -0.1) is 0 Å². The summed E-state index contributed by atoms with van der Waals surface area (Å²) in [7, 11) is 0. The van der Waals surface area contributed by atoms with Crippen molar-refractivity contribution in [2.24, 2.45) is 5.84 Å². The highest BCUT2D eigenvalue weighted by atomic mass is 16.1. The maximum Gasteiger partial charge on any atom is 0.239 e. The molecule has 1 rings (SSSR count). The van der Waals surface area contributed by atoms with E-state index in [2.05, 4.69) is 26.0 Å². The van der Waals surface area contributed by atoms with Crippen LogP contribution in [0.25, 0.3) is 0 Å². The molecule has 0 radical (unpaired) electrons. The largest absolute Gasteiger partial charge is 0.361 e. The van der Waals surface area contributed by atoms with E-state index >= 15 is 0 Å². The number of anilines is 2. The van der Waals surface area contributed by atoms with E-state index in [0.29, 0.717) is 18.2 Å². The summed E-state index contributed by atoms with van der Waals surface area (Å²) in [6.45, 7) is 4.63. The molecule has 0 aliphatic carbocycles. The number of rotatable bonds is 6. The van der Waals surface area contributed by atoms with Crippen LogP contribution in [0, 0.1) is 0 Å². The van der Waals surface area contributed by atoms with Crippen molar-refractivity contribution in [1.29, 1.82) is 0 Å². The van der Waals surface area contributed by atoms with Crippen LogP contribution in [-0.2, 0) is 11.2 Å². The van der Waals surface area contributed by atoms with Crippen molar-refractivity contribution in [2.75, 3.05) is 23.8 Å². The van der Waals surface area contributed by atoms with Crippen LogP contribution in [0.3, 0.4) is 0 Å². The predicted molar refractivity (Wildman–Crippen MR) is 66.4 cm³/mol. The lowest BCUT2D eigenvalue weighted by atomic mass is 10.2. The van der Waals surface area contributed by atoms with E-state index in [4.69, 9.17) is 5.84 Å². The smallest absolute Gasteiger partial charge is 0.239 e. The average molecular weight is 238 g/mol. The number of hydrogen-bond acceptors (Lipinski definition) is 6. The van der Waals surface area contributed by atoms with Crippen LogP contribution in [0.1, 0.15) is 19.4 Å².